The van der Waals surface area contributed by atoms with Crippen LogP contribution in [0.4, 0.5) is 0 Å². The Hall–Kier alpha value is -0.530. The van der Waals surface area contributed by atoms with E-state index < -0.39 is 0 Å². The SMILES string of the molecule is O=C1C[C@H]2C[C@]23CCCCN13. The quantitative estimate of drug-likeness (QED) is 0.508. The molecule has 1 amide bonds. The van der Waals surface area contributed by atoms with Gasteiger partial charge in [-0.2, -0.15) is 0 Å². The van der Waals surface area contributed by atoms with E-state index in [4.69, 9.17) is 0 Å². The van der Waals surface area contributed by atoms with Gasteiger partial charge < -0.3 is 4.90 Å². The predicted molar refractivity (Wildman–Crippen MR) is 41.0 cm³/mol. The normalized spacial score (nSPS) is 47.1. The van der Waals surface area contributed by atoms with Crippen LogP contribution in [0.5, 0.6) is 0 Å². The molecule has 0 aromatic carbocycles. The Morgan fingerprint density at radius 3 is 3.18 bits per heavy atom. The number of rotatable bonds is 0. The summed E-state index contributed by atoms with van der Waals surface area (Å²) in [5, 5.41) is 0. The minimum absolute atomic E-state index is 0.412. The molecule has 2 aliphatic heterocycles. The summed E-state index contributed by atoms with van der Waals surface area (Å²) in [6.45, 7) is 1.05. The fourth-order valence-electron chi connectivity index (χ4n) is 3.02. The number of carbonyl (C=O) groups excluding carboxylic acids is 1. The molecule has 2 nitrogen and oxygen atoms in total. The van der Waals surface area contributed by atoms with Crippen molar-refractivity contribution in [3.63, 3.8) is 0 Å². The van der Waals surface area contributed by atoms with Crippen molar-refractivity contribution in [2.45, 2.75) is 37.6 Å². The van der Waals surface area contributed by atoms with Crippen LogP contribution >= 0.6 is 0 Å². The van der Waals surface area contributed by atoms with E-state index in [1.165, 1.54) is 25.7 Å². The molecule has 11 heavy (non-hydrogen) atoms. The standard InChI is InChI=1S/C9H13NO/c11-8-5-7-6-9(7)3-1-2-4-10(8)9/h7H,1-6H2/t7-,9+/m0/s1. The Kier molecular flexibility index (Phi) is 0.890. The summed E-state index contributed by atoms with van der Waals surface area (Å²) in [6.07, 6.45) is 6.06. The van der Waals surface area contributed by atoms with Gasteiger partial charge in [0.2, 0.25) is 5.91 Å². The van der Waals surface area contributed by atoms with Gasteiger partial charge in [0, 0.05) is 18.5 Å². The average molecular weight is 151 g/mol. The van der Waals surface area contributed by atoms with E-state index in [1.54, 1.807) is 0 Å². The molecule has 3 aliphatic rings. The number of hydrogen-bond acceptors (Lipinski definition) is 1. The summed E-state index contributed by atoms with van der Waals surface area (Å²) in [5.41, 5.74) is 0.412. The Morgan fingerprint density at radius 2 is 2.36 bits per heavy atom. The third-order valence-corrected chi connectivity index (χ3v) is 3.70. The Bertz CT molecular complexity index is 226. The van der Waals surface area contributed by atoms with Crippen molar-refractivity contribution in [3.8, 4) is 0 Å². The maximum atomic E-state index is 11.4. The molecule has 2 heteroatoms. The van der Waals surface area contributed by atoms with Gasteiger partial charge in [-0.1, -0.05) is 0 Å². The molecule has 1 spiro atoms. The molecule has 1 aliphatic carbocycles. The largest absolute Gasteiger partial charge is 0.337 e. The topological polar surface area (TPSA) is 20.3 Å². The molecule has 3 rings (SSSR count). The molecule has 2 saturated heterocycles. The Morgan fingerprint density at radius 1 is 1.45 bits per heavy atom. The first-order valence-electron chi connectivity index (χ1n) is 4.63. The van der Waals surface area contributed by atoms with E-state index >= 15 is 0 Å². The molecule has 0 aromatic heterocycles. The maximum absolute atomic E-state index is 11.4. The van der Waals surface area contributed by atoms with E-state index in [0.717, 1.165) is 18.9 Å². The van der Waals surface area contributed by atoms with Gasteiger partial charge in [-0.3, -0.25) is 4.79 Å². The summed E-state index contributed by atoms with van der Waals surface area (Å²) >= 11 is 0. The van der Waals surface area contributed by atoms with E-state index in [-0.39, 0.29) is 0 Å². The third-order valence-electron chi connectivity index (χ3n) is 3.70. The van der Waals surface area contributed by atoms with E-state index in [2.05, 4.69) is 4.90 Å². The first-order valence-corrected chi connectivity index (χ1v) is 4.63. The number of nitrogens with zero attached hydrogens (tertiary/aromatic N) is 1. The summed E-state index contributed by atoms with van der Waals surface area (Å²) < 4.78 is 0. The zero-order valence-electron chi connectivity index (χ0n) is 6.68. The van der Waals surface area contributed by atoms with Crippen LogP contribution in [-0.2, 0) is 4.79 Å². The zero-order chi connectivity index (χ0) is 7.47. The molecular formula is C9H13NO. The van der Waals surface area contributed by atoms with Gasteiger partial charge in [0.1, 0.15) is 0 Å². The molecule has 0 aromatic rings. The van der Waals surface area contributed by atoms with Gasteiger partial charge in [0.25, 0.3) is 0 Å². The van der Waals surface area contributed by atoms with Gasteiger partial charge in [-0.15, -0.1) is 0 Å². The molecule has 0 unspecified atom stereocenters. The number of carbonyl (C=O) groups is 1. The van der Waals surface area contributed by atoms with Crippen LogP contribution in [0, 0.1) is 5.92 Å². The average Bonchev–Trinajstić information content (AvgIpc) is 2.57. The van der Waals surface area contributed by atoms with Crippen LogP contribution in [0.25, 0.3) is 0 Å². The number of piperidine rings is 2. The van der Waals surface area contributed by atoms with Crippen LogP contribution in [0.3, 0.4) is 0 Å². The second-order valence-corrected chi connectivity index (χ2v) is 4.21. The summed E-state index contributed by atoms with van der Waals surface area (Å²) in [6, 6.07) is 0. The summed E-state index contributed by atoms with van der Waals surface area (Å²) in [4.78, 5) is 13.5. The van der Waals surface area contributed by atoms with Crippen LogP contribution in [0.15, 0.2) is 0 Å². The molecule has 60 valence electrons. The molecule has 0 radical (unpaired) electrons. The van der Waals surface area contributed by atoms with Crippen molar-refractivity contribution < 1.29 is 4.79 Å². The second-order valence-electron chi connectivity index (χ2n) is 4.21. The Balaban J connectivity index is 1.95. The first kappa shape index (κ1) is 6.04. The molecule has 2 heterocycles. The lowest BCUT2D eigenvalue weighted by Crippen LogP contribution is -2.41. The van der Waals surface area contributed by atoms with Gasteiger partial charge in [0.05, 0.1) is 0 Å². The van der Waals surface area contributed by atoms with Gasteiger partial charge in [0.15, 0.2) is 0 Å². The van der Waals surface area contributed by atoms with Gasteiger partial charge in [-0.25, -0.2) is 0 Å². The molecule has 2 atom stereocenters. The molecule has 1 saturated carbocycles. The lowest BCUT2D eigenvalue weighted by atomic mass is 10.0. The predicted octanol–water partition coefficient (Wildman–Crippen LogP) is 1.16. The minimum atomic E-state index is 0.412. The van der Waals surface area contributed by atoms with E-state index in [9.17, 15) is 4.79 Å². The van der Waals surface area contributed by atoms with Crippen LogP contribution in [-0.4, -0.2) is 22.9 Å². The van der Waals surface area contributed by atoms with E-state index in [1.807, 2.05) is 0 Å². The monoisotopic (exact) mass is 151 g/mol. The minimum Gasteiger partial charge on any atom is -0.337 e. The third kappa shape index (κ3) is 0.569. The highest BCUT2D eigenvalue weighted by atomic mass is 16.2. The lowest BCUT2D eigenvalue weighted by molar-refractivity contribution is -0.132. The van der Waals surface area contributed by atoms with Crippen LogP contribution in [0.2, 0.25) is 0 Å². The second kappa shape index (κ2) is 1.62. The van der Waals surface area contributed by atoms with Crippen molar-refractivity contribution in [2.24, 2.45) is 5.92 Å². The zero-order valence-corrected chi connectivity index (χ0v) is 6.68. The van der Waals surface area contributed by atoms with Crippen LogP contribution < -0.4 is 0 Å². The highest BCUT2D eigenvalue weighted by Crippen LogP contribution is 2.60. The molecular weight excluding hydrogens is 138 g/mol. The lowest BCUT2D eigenvalue weighted by Gasteiger charge is -2.33. The van der Waals surface area contributed by atoms with Crippen molar-refractivity contribution >= 4 is 5.91 Å². The number of hydrogen-bond donors (Lipinski definition) is 0. The fraction of sp³-hybridized carbons (Fsp3) is 0.889. The smallest absolute Gasteiger partial charge is 0.223 e. The van der Waals surface area contributed by atoms with Crippen LogP contribution in [0.1, 0.15) is 32.1 Å². The first-order chi connectivity index (χ1) is 5.33. The highest BCUT2D eigenvalue weighted by Gasteiger charge is 2.65. The van der Waals surface area contributed by atoms with E-state index in [0.29, 0.717) is 11.4 Å². The summed E-state index contributed by atoms with van der Waals surface area (Å²) in [7, 11) is 0. The van der Waals surface area contributed by atoms with Gasteiger partial charge in [-0.05, 0) is 31.6 Å². The van der Waals surface area contributed by atoms with Crippen molar-refractivity contribution in [1.29, 1.82) is 0 Å². The van der Waals surface area contributed by atoms with Gasteiger partial charge >= 0.3 is 0 Å². The maximum Gasteiger partial charge on any atom is 0.223 e. The Labute approximate surface area is 66.6 Å². The summed E-state index contributed by atoms with van der Waals surface area (Å²) in [5.74, 6) is 1.19. The molecule has 3 fully saturated rings. The van der Waals surface area contributed by atoms with Crippen molar-refractivity contribution in [3.05, 3.63) is 0 Å². The fourth-order valence-corrected chi connectivity index (χ4v) is 3.02. The molecule has 0 N–H and O–H groups in total. The highest BCUT2D eigenvalue weighted by molar-refractivity contribution is 5.82. The van der Waals surface area contributed by atoms with Crippen molar-refractivity contribution in [1.82, 2.24) is 4.90 Å². The number of amides is 1. The molecule has 0 bridgehead atoms. The van der Waals surface area contributed by atoms with Crippen molar-refractivity contribution in [2.75, 3.05) is 6.54 Å².